The van der Waals surface area contributed by atoms with E-state index in [1.807, 2.05) is 0 Å². The van der Waals surface area contributed by atoms with Crippen molar-refractivity contribution in [3.63, 3.8) is 0 Å². The third kappa shape index (κ3) is 3.35. The standard InChI is InChI=1S/C16H27N3/c1-5-13-6-8-14(9-7-13)16(17-2)15-12-18(3)10-11-19(15)4/h6-9,15-17H,5,10-12H2,1-4H3. The number of rotatable bonds is 4. The monoisotopic (exact) mass is 261 g/mol. The van der Waals surface area contributed by atoms with Crippen LogP contribution in [0.1, 0.15) is 24.1 Å². The molecule has 0 amide bonds. The van der Waals surface area contributed by atoms with Gasteiger partial charge in [0.15, 0.2) is 0 Å². The molecule has 0 bridgehead atoms. The third-order valence-electron chi connectivity index (χ3n) is 4.34. The molecule has 1 heterocycles. The van der Waals surface area contributed by atoms with Crippen molar-refractivity contribution in [3.05, 3.63) is 35.4 Å². The van der Waals surface area contributed by atoms with Gasteiger partial charge in [-0.15, -0.1) is 0 Å². The second-order valence-corrected chi connectivity index (χ2v) is 5.67. The maximum absolute atomic E-state index is 3.51. The number of hydrogen-bond donors (Lipinski definition) is 1. The predicted molar refractivity (Wildman–Crippen MR) is 81.5 cm³/mol. The van der Waals surface area contributed by atoms with E-state index in [1.165, 1.54) is 11.1 Å². The average Bonchev–Trinajstić information content (AvgIpc) is 2.44. The average molecular weight is 261 g/mol. The van der Waals surface area contributed by atoms with Gasteiger partial charge < -0.3 is 10.2 Å². The highest BCUT2D eigenvalue weighted by molar-refractivity contribution is 5.26. The van der Waals surface area contributed by atoms with Crippen molar-refractivity contribution in [1.82, 2.24) is 15.1 Å². The van der Waals surface area contributed by atoms with Gasteiger partial charge >= 0.3 is 0 Å². The largest absolute Gasteiger partial charge is 0.312 e. The summed E-state index contributed by atoms with van der Waals surface area (Å²) in [6.45, 7) is 5.64. The molecule has 1 aromatic rings. The van der Waals surface area contributed by atoms with E-state index < -0.39 is 0 Å². The Balaban J connectivity index is 2.17. The van der Waals surface area contributed by atoms with Crippen LogP contribution in [-0.4, -0.2) is 56.6 Å². The molecule has 19 heavy (non-hydrogen) atoms. The first-order valence-electron chi connectivity index (χ1n) is 7.30. The van der Waals surface area contributed by atoms with Crippen LogP contribution in [-0.2, 0) is 6.42 Å². The molecule has 2 atom stereocenters. The van der Waals surface area contributed by atoms with Gasteiger partial charge in [-0.25, -0.2) is 0 Å². The first kappa shape index (κ1) is 14.5. The summed E-state index contributed by atoms with van der Waals surface area (Å²) >= 11 is 0. The maximum Gasteiger partial charge on any atom is 0.0488 e. The molecule has 0 aliphatic carbocycles. The fourth-order valence-electron chi connectivity index (χ4n) is 2.95. The highest BCUT2D eigenvalue weighted by Gasteiger charge is 2.29. The molecule has 106 valence electrons. The molecule has 3 heteroatoms. The van der Waals surface area contributed by atoms with E-state index in [1.54, 1.807) is 0 Å². The van der Waals surface area contributed by atoms with E-state index in [4.69, 9.17) is 0 Å². The first-order valence-corrected chi connectivity index (χ1v) is 7.30. The van der Waals surface area contributed by atoms with Crippen molar-refractivity contribution >= 4 is 0 Å². The van der Waals surface area contributed by atoms with Gasteiger partial charge in [-0.05, 0) is 38.7 Å². The van der Waals surface area contributed by atoms with E-state index in [0.717, 1.165) is 26.1 Å². The van der Waals surface area contributed by atoms with Crippen LogP contribution in [0.4, 0.5) is 0 Å². The predicted octanol–water partition coefficient (Wildman–Crippen LogP) is 1.76. The Kier molecular flexibility index (Phi) is 4.97. The van der Waals surface area contributed by atoms with Crippen LogP contribution in [0.5, 0.6) is 0 Å². The fraction of sp³-hybridized carbons (Fsp3) is 0.625. The summed E-state index contributed by atoms with van der Waals surface area (Å²) in [6.07, 6.45) is 1.11. The minimum atomic E-state index is 0.402. The molecular formula is C16H27N3. The molecule has 1 fully saturated rings. The van der Waals surface area contributed by atoms with E-state index in [-0.39, 0.29) is 0 Å². The Labute approximate surface area is 117 Å². The molecule has 2 rings (SSSR count). The molecule has 1 aliphatic rings. The zero-order valence-corrected chi connectivity index (χ0v) is 12.7. The molecule has 0 saturated carbocycles. The second-order valence-electron chi connectivity index (χ2n) is 5.67. The Morgan fingerprint density at radius 1 is 1.21 bits per heavy atom. The molecule has 0 aromatic heterocycles. The van der Waals surface area contributed by atoms with Gasteiger partial charge in [0.25, 0.3) is 0 Å². The number of nitrogens with one attached hydrogen (secondary N) is 1. The summed E-state index contributed by atoms with van der Waals surface area (Å²) in [7, 11) is 6.52. The Bertz CT molecular complexity index is 387. The SMILES string of the molecule is CCc1ccc(C(NC)C2CN(C)CCN2C)cc1. The molecule has 1 saturated heterocycles. The van der Waals surface area contributed by atoms with Crippen molar-refractivity contribution < 1.29 is 0 Å². The highest BCUT2D eigenvalue weighted by atomic mass is 15.3. The summed E-state index contributed by atoms with van der Waals surface area (Å²) in [6, 6.07) is 10.0. The number of hydrogen-bond acceptors (Lipinski definition) is 3. The number of likely N-dealkylation sites (N-methyl/N-ethyl adjacent to an activating group) is 3. The van der Waals surface area contributed by atoms with E-state index in [9.17, 15) is 0 Å². The van der Waals surface area contributed by atoms with Gasteiger partial charge in [0.05, 0.1) is 0 Å². The smallest absolute Gasteiger partial charge is 0.0488 e. The third-order valence-corrected chi connectivity index (χ3v) is 4.34. The van der Waals surface area contributed by atoms with E-state index >= 15 is 0 Å². The zero-order chi connectivity index (χ0) is 13.8. The zero-order valence-electron chi connectivity index (χ0n) is 12.7. The summed E-state index contributed by atoms with van der Waals surface area (Å²) in [4.78, 5) is 4.91. The lowest BCUT2D eigenvalue weighted by Gasteiger charge is -2.42. The van der Waals surface area contributed by atoms with Crippen LogP contribution in [0.25, 0.3) is 0 Å². The molecule has 2 unspecified atom stereocenters. The van der Waals surface area contributed by atoms with Gasteiger partial charge in [0.1, 0.15) is 0 Å². The van der Waals surface area contributed by atoms with E-state index in [0.29, 0.717) is 12.1 Å². The topological polar surface area (TPSA) is 18.5 Å². The summed E-state index contributed by atoms with van der Waals surface area (Å²) in [5.41, 5.74) is 2.81. The fourth-order valence-corrected chi connectivity index (χ4v) is 2.95. The lowest BCUT2D eigenvalue weighted by Crippen LogP contribution is -2.54. The van der Waals surface area contributed by atoms with Crippen LogP contribution in [0, 0.1) is 0 Å². The van der Waals surface area contributed by atoms with Gasteiger partial charge in [-0.2, -0.15) is 0 Å². The quantitative estimate of drug-likeness (QED) is 0.891. The lowest BCUT2D eigenvalue weighted by atomic mass is 9.95. The lowest BCUT2D eigenvalue weighted by molar-refractivity contribution is 0.0897. The maximum atomic E-state index is 3.51. The van der Waals surface area contributed by atoms with Crippen LogP contribution in [0.3, 0.4) is 0 Å². The Morgan fingerprint density at radius 3 is 2.47 bits per heavy atom. The molecule has 1 aromatic carbocycles. The minimum absolute atomic E-state index is 0.402. The summed E-state index contributed by atoms with van der Waals surface area (Å²) < 4.78 is 0. The minimum Gasteiger partial charge on any atom is -0.312 e. The molecular weight excluding hydrogens is 234 g/mol. The van der Waals surface area contributed by atoms with Crippen LogP contribution >= 0.6 is 0 Å². The van der Waals surface area contributed by atoms with Gasteiger partial charge in [-0.1, -0.05) is 31.2 Å². The van der Waals surface area contributed by atoms with Crippen molar-refractivity contribution in [2.24, 2.45) is 0 Å². The van der Waals surface area contributed by atoms with Gasteiger partial charge in [0, 0.05) is 31.7 Å². The molecule has 3 nitrogen and oxygen atoms in total. The normalized spacial score (nSPS) is 23.5. The first-order chi connectivity index (χ1) is 9.15. The van der Waals surface area contributed by atoms with Crippen molar-refractivity contribution in [3.8, 4) is 0 Å². The van der Waals surface area contributed by atoms with Gasteiger partial charge in [0.2, 0.25) is 0 Å². The molecule has 0 radical (unpaired) electrons. The summed E-state index contributed by atoms with van der Waals surface area (Å²) in [5, 5.41) is 3.51. The number of nitrogens with zero attached hydrogens (tertiary/aromatic N) is 2. The number of benzene rings is 1. The Morgan fingerprint density at radius 2 is 1.89 bits per heavy atom. The second kappa shape index (κ2) is 6.51. The number of piperazine rings is 1. The van der Waals surface area contributed by atoms with Crippen LogP contribution in [0.2, 0.25) is 0 Å². The molecule has 0 spiro atoms. The van der Waals surface area contributed by atoms with Crippen molar-refractivity contribution in [2.75, 3.05) is 40.8 Å². The van der Waals surface area contributed by atoms with Gasteiger partial charge in [-0.3, -0.25) is 4.90 Å². The highest BCUT2D eigenvalue weighted by Crippen LogP contribution is 2.23. The molecule has 1 aliphatic heterocycles. The van der Waals surface area contributed by atoms with Crippen LogP contribution in [0.15, 0.2) is 24.3 Å². The van der Waals surface area contributed by atoms with Crippen molar-refractivity contribution in [2.45, 2.75) is 25.4 Å². The van der Waals surface area contributed by atoms with Crippen LogP contribution < -0.4 is 5.32 Å². The summed E-state index contributed by atoms with van der Waals surface area (Å²) in [5.74, 6) is 0. The van der Waals surface area contributed by atoms with Crippen molar-refractivity contribution in [1.29, 1.82) is 0 Å². The molecule has 1 N–H and O–H groups in total. The Hall–Kier alpha value is -0.900. The number of aryl methyl sites for hydroxylation is 1. The van der Waals surface area contributed by atoms with E-state index in [2.05, 4.69) is 67.4 Å².